The third kappa shape index (κ3) is 5.06. The lowest BCUT2D eigenvalue weighted by molar-refractivity contribution is 0.250. The van der Waals surface area contributed by atoms with Crippen molar-refractivity contribution in [2.75, 3.05) is 41.0 Å². The van der Waals surface area contributed by atoms with Crippen LogP contribution in [-0.4, -0.2) is 54.3 Å². The first kappa shape index (κ1) is 22.4. The van der Waals surface area contributed by atoms with Crippen molar-refractivity contribution in [2.24, 2.45) is 0 Å². The smallest absolute Gasteiger partial charge is 0.244 e. The highest BCUT2D eigenvalue weighted by molar-refractivity contribution is 7.89. The standard InChI is InChI=1S/C22H30N2O5S/c1-16-6-7-22(21(12-16)29-4)30(25,26)23-9-5-10-24-11-8-17-13-19(27-2)20(28-3)14-18(17)15-24/h6-7,12-14,23H,5,8-11,15H2,1-4H3. The van der Waals surface area contributed by atoms with Crippen LogP contribution in [0.15, 0.2) is 35.2 Å². The molecule has 0 radical (unpaired) electrons. The maximum Gasteiger partial charge on any atom is 0.244 e. The molecule has 0 bridgehead atoms. The van der Waals surface area contributed by atoms with Crippen molar-refractivity contribution in [1.29, 1.82) is 0 Å². The monoisotopic (exact) mass is 434 g/mol. The Labute approximate surface area is 179 Å². The topological polar surface area (TPSA) is 77.1 Å². The van der Waals surface area contributed by atoms with Gasteiger partial charge in [0.2, 0.25) is 10.0 Å². The lowest BCUT2D eigenvalue weighted by atomic mass is 9.98. The van der Waals surface area contributed by atoms with Crippen LogP contribution < -0.4 is 18.9 Å². The van der Waals surface area contributed by atoms with Crippen LogP contribution in [0.3, 0.4) is 0 Å². The zero-order valence-corrected chi connectivity index (χ0v) is 18.8. The summed E-state index contributed by atoms with van der Waals surface area (Å²) in [5.41, 5.74) is 3.45. The third-order valence-electron chi connectivity index (χ3n) is 5.35. The summed E-state index contributed by atoms with van der Waals surface area (Å²) in [5, 5.41) is 0. The molecule has 164 valence electrons. The molecule has 1 heterocycles. The normalized spacial score (nSPS) is 14.3. The van der Waals surface area contributed by atoms with Crippen molar-refractivity contribution < 1.29 is 22.6 Å². The molecular weight excluding hydrogens is 404 g/mol. The highest BCUT2D eigenvalue weighted by atomic mass is 32.2. The van der Waals surface area contributed by atoms with Crippen LogP contribution in [-0.2, 0) is 23.0 Å². The van der Waals surface area contributed by atoms with Gasteiger partial charge >= 0.3 is 0 Å². The molecule has 0 amide bonds. The first-order valence-corrected chi connectivity index (χ1v) is 11.5. The second-order valence-electron chi connectivity index (χ2n) is 7.41. The second-order valence-corrected chi connectivity index (χ2v) is 9.14. The van der Waals surface area contributed by atoms with Crippen LogP contribution in [0.5, 0.6) is 17.2 Å². The summed E-state index contributed by atoms with van der Waals surface area (Å²) in [6.07, 6.45) is 1.65. The van der Waals surface area contributed by atoms with Gasteiger partial charge in [0.15, 0.2) is 11.5 Å². The molecule has 1 N–H and O–H groups in total. The molecule has 8 heteroatoms. The largest absolute Gasteiger partial charge is 0.495 e. The van der Waals surface area contributed by atoms with Gasteiger partial charge in [0.25, 0.3) is 0 Å². The fourth-order valence-corrected chi connectivity index (χ4v) is 4.94. The minimum Gasteiger partial charge on any atom is -0.495 e. The number of nitrogens with zero attached hydrogens (tertiary/aromatic N) is 1. The van der Waals surface area contributed by atoms with E-state index in [1.165, 1.54) is 18.2 Å². The summed E-state index contributed by atoms with van der Waals surface area (Å²) in [6, 6.07) is 9.16. The molecule has 1 aliphatic rings. The Morgan fingerprint density at radius 3 is 2.30 bits per heavy atom. The van der Waals surface area contributed by atoms with E-state index in [9.17, 15) is 8.42 Å². The Morgan fingerprint density at radius 2 is 1.63 bits per heavy atom. The number of fused-ring (bicyclic) bond motifs is 1. The van der Waals surface area contributed by atoms with Gasteiger partial charge in [-0.25, -0.2) is 13.1 Å². The highest BCUT2D eigenvalue weighted by Gasteiger charge is 2.21. The van der Waals surface area contributed by atoms with E-state index in [4.69, 9.17) is 14.2 Å². The van der Waals surface area contributed by atoms with E-state index in [1.54, 1.807) is 32.4 Å². The van der Waals surface area contributed by atoms with Gasteiger partial charge in [-0.2, -0.15) is 0 Å². The fraction of sp³-hybridized carbons (Fsp3) is 0.455. The van der Waals surface area contributed by atoms with Gasteiger partial charge in [-0.15, -0.1) is 0 Å². The van der Waals surface area contributed by atoms with Gasteiger partial charge in [-0.1, -0.05) is 6.07 Å². The molecule has 0 aromatic heterocycles. The van der Waals surface area contributed by atoms with Gasteiger partial charge in [0.1, 0.15) is 10.6 Å². The lowest BCUT2D eigenvalue weighted by Gasteiger charge is -2.29. The maximum absolute atomic E-state index is 12.6. The van der Waals surface area contributed by atoms with Crippen molar-refractivity contribution in [3.05, 3.63) is 47.0 Å². The van der Waals surface area contributed by atoms with Gasteiger partial charge in [0.05, 0.1) is 21.3 Å². The first-order chi connectivity index (χ1) is 14.4. The summed E-state index contributed by atoms with van der Waals surface area (Å²) in [4.78, 5) is 2.50. The summed E-state index contributed by atoms with van der Waals surface area (Å²) in [5.74, 6) is 1.85. The van der Waals surface area contributed by atoms with E-state index in [0.717, 1.165) is 49.5 Å². The molecule has 0 saturated heterocycles. The summed E-state index contributed by atoms with van der Waals surface area (Å²) in [7, 11) is 1.15. The molecule has 1 aliphatic heterocycles. The van der Waals surface area contributed by atoms with Crippen molar-refractivity contribution in [1.82, 2.24) is 9.62 Å². The number of sulfonamides is 1. The molecule has 0 atom stereocenters. The molecule has 0 unspecified atom stereocenters. The van der Waals surface area contributed by atoms with Crippen LogP contribution in [0.1, 0.15) is 23.1 Å². The molecule has 3 rings (SSSR count). The maximum atomic E-state index is 12.6. The lowest BCUT2D eigenvalue weighted by Crippen LogP contribution is -2.34. The molecule has 7 nitrogen and oxygen atoms in total. The average Bonchev–Trinajstić information content (AvgIpc) is 2.75. The molecule has 30 heavy (non-hydrogen) atoms. The highest BCUT2D eigenvalue weighted by Crippen LogP contribution is 2.33. The summed E-state index contributed by atoms with van der Waals surface area (Å²) in [6.45, 7) is 4.82. The predicted octanol–water partition coefficient (Wildman–Crippen LogP) is 2.75. The number of hydrogen-bond acceptors (Lipinski definition) is 6. The Bertz CT molecular complexity index is 991. The first-order valence-electron chi connectivity index (χ1n) is 9.98. The zero-order chi connectivity index (χ0) is 21.7. The van der Waals surface area contributed by atoms with E-state index >= 15 is 0 Å². The van der Waals surface area contributed by atoms with Crippen molar-refractivity contribution in [2.45, 2.75) is 31.2 Å². The van der Waals surface area contributed by atoms with E-state index in [0.29, 0.717) is 12.3 Å². The van der Waals surface area contributed by atoms with Crippen LogP contribution in [0.25, 0.3) is 0 Å². The molecular formula is C22H30N2O5S. The van der Waals surface area contributed by atoms with Crippen LogP contribution in [0.4, 0.5) is 0 Å². The predicted molar refractivity (Wildman–Crippen MR) is 116 cm³/mol. The van der Waals surface area contributed by atoms with E-state index < -0.39 is 10.0 Å². The number of benzene rings is 2. The summed E-state index contributed by atoms with van der Waals surface area (Å²) >= 11 is 0. The Balaban J connectivity index is 1.55. The van der Waals surface area contributed by atoms with E-state index in [-0.39, 0.29) is 4.90 Å². The second kappa shape index (κ2) is 9.68. The quantitative estimate of drug-likeness (QED) is 0.612. The number of aryl methyl sites for hydroxylation is 1. The molecule has 0 aliphatic carbocycles. The van der Waals surface area contributed by atoms with Crippen molar-refractivity contribution >= 4 is 10.0 Å². The van der Waals surface area contributed by atoms with E-state index in [1.807, 2.05) is 13.0 Å². The zero-order valence-electron chi connectivity index (χ0n) is 18.0. The molecule has 0 saturated carbocycles. The molecule has 0 fully saturated rings. The van der Waals surface area contributed by atoms with Gasteiger partial charge in [0, 0.05) is 19.6 Å². The van der Waals surface area contributed by atoms with E-state index in [2.05, 4.69) is 15.7 Å². The third-order valence-corrected chi connectivity index (χ3v) is 6.85. The fourth-order valence-electron chi connectivity index (χ4n) is 3.72. The van der Waals surface area contributed by atoms with Crippen LogP contribution in [0, 0.1) is 6.92 Å². The van der Waals surface area contributed by atoms with Gasteiger partial charge in [-0.3, -0.25) is 4.90 Å². The van der Waals surface area contributed by atoms with Crippen molar-refractivity contribution in [3.63, 3.8) is 0 Å². The average molecular weight is 435 g/mol. The van der Waals surface area contributed by atoms with Crippen molar-refractivity contribution in [3.8, 4) is 17.2 Å². The molecule has 2 aromatic carbocycles. The van der Waals surface area contributed by atoms with Crippen LogP contribution in [0.2, 0.25) is 0 Å². The minimum absolute atomic E-state index is 0.170. The van der Waals surface area contributed by atoms with Gasteiger partial charge in [-0.05, 0) is 67.3 Å². The number of rotatable bonds is 9. The molecule has 0 spiro atoms. The number of ether oxygens (including phenoxy) is 3. The Hall–Kier alpha value is -2.29. The minimum atomic E-state index is -3.61. The SMILES string of the molecule is COc1cc2c(cc1OC)CN(CCCNS(=O)(=O)c1ccc(C)cc1OC)CC2. The molecule has 2 aromatic rings. The Kier molecular flexibility index (Phi) is 7.23. The van der Waals surface area contributed by atoms with Crippen LogP contribution >= 0.6 is 0 Å². The number of hydrogen-bond donors (Lipinski definition) is 1. The summed E-state index contributed by atoms with van der Waals surface area (Å²) < 4.78 is 44.0. The van der Waals surface area contributed by atoms with Gasteiger partial charge < -0.3 is 14.2 Å². The number of methoxy groups -OCH3 is 3. The Morgan fingerprint density at radius 1 is 0.967 bits per heavy atom. The number of nitrogens with one attached hydrogen (secondary N) is 1.